The summed E-state index contributed by atoms with van der Waals surface area (Å²) in [5, 5.41) is 15.0. The number of hydrogen-bond acceptors (Lipinski definition) is 4. The first-order valence-corrected chi connectivity index (χ1v) is 10.1. The number of piperidine rings is 1. The maximum Gasteiger partial charge on any atom is 0.274 e. The van der Waals surface area contributed by atoms with Crippen LogP contribution in [-0.2, 0) is 6.54 Å². The molecule has 1 atom stereocenters. The standard InChI is InChI=1S/C19H26N4OS/c1-13(2)15-9-16(22-21-15)18(24)23(11-14-3-8-25-12-14)17-10-19(17)4-6-20-7-5-19/h3,8-9,12-13,17,20H,4-7,10-11H2,1-2H3,(H,21,22)/t17-/m1/s1. The number of thiophene rings is 1. The first-order valence-electron chi connectivity index (χ1n) is 9.17. The monoisotopic (exact) mass is 358 g/mol. The van der Waals surface area contributed by atoms with E-state index in [9.17, 15) is 4.79 Å². The van der Waals surface area contributed by atoms with Crippen molar-refractivity contribution in [2.24, 2.45) is 5.41 Å². The van der Waals surface area contributed by atoms with E-state index < -0.39 is 0 Å². The van der Waals surface area contributed by atoms with E-state index in [2.05, 4.69) is 51.1 Å². The van der Waals surface area contributed by atoms with Gasteiger partial charge in [-0.15, -0.1) is 0 Å². The molecule has 0 unspecified atom stereocenters. The molecular weight excluding hydrogens is 332 g/mol. The zero-order chi connectivity index (χ0) is 17.4. The molecule has 2 aliphatic rings. The molecule has 3 heterocycles. The van der Waals surface area contributed by atoms with Crippen molar-refractivity contribution in [2.45, 2.75) is 51.6 Å². The lowest BCUT2D eigenvalue weighted by molar-refractivity contribution is 0.0686. The Labute approximate surface area is 152 Å². The van der Waals surface area contributed by atoms with Gasteiger partial charge in [0.2, 0.25) is 0 Å². The van der Waals surface area contributed by atoms with Gasteiger partial charge in [-0.1, -0.05) is 13.8 Å². The van der Waals surface area contributed by atoms with Crippen molar-refractivity contribution < 1.29 is 4.79 Å². The predicted octanol–water partition coefficient (Wildman–Crippen LogP) is 3.38. The molecule has 2 fully saturated rings. The van der Waals surface area contributed by atoms with Crippen molar-refractivity contribution in [3.05, 3.63) is 39.8 Å². The van der Waals surface area contributed by atoms with Crippen molar-refractivity contribution in [3.8, 4) is 0 Å². The van der Waals surface area contributed by atoms with Crippen LogP contribution in [0.5, 0.6) is 0 Å². The van der Waals surface area contributed by atoms with E-state index in [4.69, 9.17) is 0 Å². The minimum atomic E-state index is 0.0646. The number of aromatic amines is 1. The van der Waals surface area contributed by atoms with Crippen molar-refractivity contribution in [3.63, 3.8) is 0 Å². The molecule has 6 heteroatoms. The summed E-state index contributed by atoms with van der Waals surface area (Å²) in [6.45, 7) is 7.03. The fourth-order valence-electron chi connectivity index (χ4n) is 4.02. The molecule has 0 aromatic carbocycles. The van der Waals surface area contributed by atoms with E-state index in [-0.39, 0.29) is 5.91 Å². The van der Waals surface area contributed by atoms with Crippen LogP contribution in [0, 0.1) is 5.41 Å². The number of H-pyrrole nitrogens is 1. The maximum atomic E-state index is 13.2. The number of amides is 1. The molecule has 0 radical (unpaired) electrons. The number of hydrogen-bond donors (Lipinski definition) is 2. The summed E-state index contributed by atoms with van der Waals surface area (Å²) in [6.07, 6.45) is 3.47. The van der Waals surface area contributed by atoms with Gasteiger partial charge < -0.3 is 10.2 Å². The third kappa shape index (κ3) is 3.25. The largest absolute Gasteiger partial charge is 0.329 e. The number of nitrogens with one attached hydrogen (secondary N) is 2. The van der Waals surface area contributed by atoms with Gasteiger partial charge in [0, 0.05) is 18.3 Å². The Balaban J connectivity index is 1.57. The summed E-state index contributed by atoms with van der Waals surface area (Å²) in [4.78, 5) is 15.3. The second-order valence-corrected chi connectivity index (χ2v) is 8.54. The molecule has 1 spiro atoms. The summed E-state index contributed by atoms with van der Waals surface area (Å²) in [5.41, 5.74) is 3.11. The topological polar surface area (TPSA) is 61.0 Å². The average Bonchev–Trinajstić information content (AvgIpc) is 3.06. The van der Waals surface area contributed by atoms with E-state index >= 15 is 0 Å². The summed E-state index contributed by atoms with van der Waals surface area (Å²) >= 11 is 1.69. The highest BCUT2D eigenvalue weighted by molar-refractivity contribution is 7.07. The van der Waals surface area contributed by atoms with E-state index in [1.165, 1.54) is 18.4 Å². The van der Waals surface area contributed by atoms with Crippen molar-refractivity contribution >= 4 is 17.2 Å². The van der Waals surface area contributed by atoms with Crippen LogP contribution in [0.4, 0.5) is 0 Å². The summed E-state index contributed by atoms with van der Waals surface area (Å²) < 4.78 is 0. The first-order chi connectivity index (χ1) is 12.1. The molecule has 5 nitrogen and oxygen atoms in total. The third-order valence-electron chi connectivity index (χ3n) is 5.75. The smallest absolute Gasteiger partial charge is 0.274 e. The van der Waals surface area contributed by atoms with Crippen LogP contribution in [-0.4, -0.2) is 40.1 Å². The second-order valence-electron chi connectivity index (χ2n) is 7.76. The zero-order valence-corrected chi connectivity index (χ0v) is 15.7. The zero-order valence-electron chi connectivity index (χ0n) is 14.9. The van der Waals surface area contributed by atoms with Gasteiger partial charge in [0.05, 0.1) is 0 Å². The van der Waals surface area contributed by atoms with E-state index in [0.29, 0.717) is 29.6 Å². The molecule has 25 heavy (non-hydrogen) atoms. The molecule has 2 aromatic heterocycles. The second kappa shape index (κ2) is 6.57. The lowest BCUT2D eigenvalue weighted by atomic mass is 9.93. The van der Waals surface area contributed by atoms with Crippen LogP contribution < -0.4 is 5.32 Å². The Kier molecular flexibility index (Phi) is 4.41. The fraction of sp³-hybridized carbons (Fsp3) is 0.579. The molecule has 2 N–H and O–H groups in total. The molecule has 1 aliphatic heterocycles. The van der Waals surface area contributed by atoms with Crippen molar-refractivity contribution in [2.75, 3.05) is 13.1 Å². The van der Waals surface area contributed by atoms with Gasteiger partial charge in [-0.3, -0.25) is 9.89 Å². The normalized spacial score (nSPS) is 21.6. The van der Waals surface area contributed by atoms with Gasteiger partial charge in [0.15, 0.2) is 0 Å². The van der Waals surface area contributed by atoms with Crippen LogP contribution in [0.25, 0.3) is 0 Å². The van der Waals surface area contributed by atoms with Gasteiger partial charge >= 0.3 is 0 Å². The first kappa shape index (κ1) is 16.8. The molecular formula is C19H26N4OS. The lowest BCUT2D eigenvalue weighted by Crippen LogP contribution is -2.39. The van der Waals surface area contributed by atoms with E-state index in [1.54, 1.807) is 11.3 Å². The molecule has 4 rings (SSSR count). The highest BCUT2D eigenvalue weighted by atomic mass is 32.1. The Hall–Kier alpha value is -1.66. The average molecular weight is 359 g/mol. The molecule has 1 aliphatic carbocycles. The highest BCUT2D eigenvalue weighted by Crippen LogP contribution is 2.56. The number of nitrogens with zero attached hydrogens (tertiary/aromatic N) is 2. The fourth-order valence-corrected chi connectivity index (χ4v) is 4.68. The minimum Gasteiger partial charge on any atom is -0.329 e. The van der Waals surface area contributed by atoms with Gasteiger partial charge in [-0.25, -0.2) is 0 Å². The number of carbonyl (C=O) groups is 1. The van der Waals surface area contributed by atoms with Crippen LogP contribution in [0.2, 0.25) is 0 Å². The molecule has 0 bridgehead atoms. The molecule has 1 saturated carbocycles. The van der Waals surface area contributed by atoms with Crippen LogP contribution in [0.1, 0.15) is 60.8 Å². The van der Waals surface area contributed by atoms with E-state index in [1.807, 2.05) is 6.07 Å². The molecule has 1 saturated heterocycles. The lowest BCUT2D eigenvalue weighted by Gasteiger charge is -2.29. The van der Waals surface area contributed by atoms with Gasteiger partial charge in [-0.05, 0) is 72.1 Å². The predicted molar refractivity (Wildman–Crippen MR) is 99.8 cm³/mol. The van der Waals surface area contributed by atoms with Crippen LogP contribution >= 0.6 is 11.3 Å². The third-order valence-corrected chi connectivity index (χ3v) is 6.49. The van der Waals surface area contributed by atoms with Gasteiger partial charge in [0.25, 0.3) is 5.91 Å². The Morgan fingerprint density at radius 3 is 2.88 bits per heavy atom. The SMILES string of the molecule is CC(C)c1cc(C(=O)N(Cc2ccsc2)[C@@H]2CC23CCNCC3)n[nH]1. The Morgan fingerprint density at radius 1 is 1.44 bits per heavy atom. The highest BCUT2D eigenvalue weighted by Gasteiger charge is 2.57. The number of aromatic nitrogens is 2. The summed E-state index contributed by atoms with van der Waals surface area (Å²) in [5.74, 6) is 0.408. The van der Waals surface area contributed by atoms with Gasteiger partial charge in [0.1, 0.15) is 5.69 Å². The molecule has 1 amide bonds. The van der Waals surface area contributed by atoms with Gasteiger partial charge in [-0.2, -0.15) is 16.4 Å². The quantitative estimate of drug-likeness (QED) is 0.861. The molecule has 2 aromatic rings. The van der Waals surface area contributed by atoms with Crippen LogP contribution in [0.3, 0.4) is 0 Å². The van der Waals surface area contributed by atoms with Crippen molar-refractivity contribution in [1.82, 2.24) is 20.4 Å². The molecule has 134 valence electrons. The van der Waals surface area contributed by atoms with Crippen LogP contribution in [0.15, 0.2) is 22.9 Å². The van der Waals surface area contributed by atoms with E-state index in [0.717, 1.165) is 25.2 Å². The number of rotatable bonds is 5. The van der Waals surface area contributed by atoms with Crippen molar-refractivity contribution in [1.29, 1.82) is 0 Å². The maximum absolute atomic E-state index is 13.2. The Bertz CT molecular complexity index is 730. The summed E-state index contributed by atoms with van der Waals surface area (Å²) in [6, 6.07) is 4.39. The Morgan fingerprint density at radius 2 is 2.24 bits per heavy atom. The summed E-state index contributed by atoms with van der Waals surface area (Å²) in [7, 11) is 0. The number of carbonyl (C=O) groups excluding carboxylic acids is 1. The minimum absolute atomic E-state index is 0.0646.